The van der Waals surface area contributed by atoms with Gasteiger partial charge in [0.15, 0.2) is 11.7 Å². The quantitative estimate of drug-likeness (QED) is 0.777. The molecule has 1 aromatic rings. The molecule has 1 unspecified atom stereocenters. The Labute approximate surface area is 138 Å². The number of amides is 4. The molecule has 3 N–H and O–H groups in total. The van der Waals surface area contributed by atoms with Gasteiger partial charge in [0, 0.05) is 24.1 Å². The summed E-state index contributed by atoms with van der Waals surface area (Å²) in [5.74, 6) is -4.84. The lowest BCUT2D eigenvalue weighted by Crippen LogP contribution is -2.61. The number of rotatable bonds is 5. The van der Waals surface area contributed by atoms with E-state index >= 15 is 0 Å². The first-order valence-corrected chi connectivity index (χ1v) is 7.44. The van der Waals surface area contributed by atoms with Gasteiger partial charge in [-0.2, -0.15) is 0 Å². The summed E-state index contributed by atoms with van der Waals surface area (Å²) in [5, 5.41) is 1.99. The summed E-state index contributed by atoms with van der Waals surface area (Å²) in [6, 6.07) is 3.32. The van der Waals surface area contributed by atoms with Crippen molar-refractivity contribution in [1.82, 2.24) is 10.2 Å². The number of hydrogen-bond acceptors (Lipinski definition) is 5. The molecule has 0 aliphatic carbocycles. The van der Waals surface area contributed by atoms with Crippen molar-refractivity contribution in [1.29, 1.82) is 0 Å². The van der Waals surface area contributed by atoms with E-state index in [0.29, 0.717) is 0 Å². The number of nitrogens with zero attached hydrogens (tertiary/aromatic N) is 1. The van der Waals surface area contributed by atoms with Gasteiger partial charge in [0.25, 0.3) is 5.91 Å². The van der Waals surface area contributed by atoms with Crippen molar-refractivity contribution in [3.63, 3.8) is 0 Å². The minimum Gasteiger partial charge on any atom is -0.323 e. The number of carbonyl (C=O) groups excluding carboxylic acids is 4. The van der Waals surface area contributed by atoms with E-state index in [0.717, 1.165) is 4.90 Å². The van der Waals surface area contributed by atoms with Crippen molar-refractivity contribution in [2.24, 2.45) is 11.7 Å². The van der Waals surface area contributed by atoms with Crippen LogP contribution in [-0.4, -0.2) is 34.6 Å². The molecule has 2 rings (SSSR count). The molecular formula is C16H18FN3O4. The van der Waals surface area contributed by atoms with E-state index in [2.05, 4.69) is 0 Å². The van der Waals surface area contributed by atoms with Crippen LogP contribution in [0, 0.1) is 11.7 Å². The maximum Gasteiger partial charge on any atom is 0.331 e. The van der Waals surface area contributed by atoms with Gasteiger partial charge in [0.05, 0.1) is 0 Å². The van der Waals surface area contributed by atoms with Crippen LogP contribution < -0.4 is 11.1 Å². The van der Waals surface area contributed by atoms with E-state index in [1.54, 1.807) is 19.9 Å². The van der Waals surface area contributed by atoms with Gasteiger partial charge in [-0.1, -0.05) is 18.2 Å². The molecule has 1 fully saturated rings. The number of hydrogen-bond donors (Lipinski definition) is 2. The normalized spacial score (nSPS) is 19.5. The molecule has 7 nitrogen and oxygen atoms in total. The van der Waals surface area contributed by atoms with Crippen molar-refractivity contribution >= 4 is 23.6 Å². The Bertz CT molecular complexity index is 704. The largest absolute Gasteiger partial charge is 0.331 e. The van der Waals surface area contributed by atoms with Crippen molar-refractivity contribution < 1.29 is 23.6 Å². The molecule has 1 aromatic carbocycles. The van der Waals surface area contributed by atoms with Gasteiger partial charge in [-0.15, -0.1) is 0 Å². The number of nitrogens with one attached hydrogen (secondary N) is 1. The first kappa shape index (κ1) is 17.7. The van der Waals surface area contributed by atoms with Crippen molar-refractivity contribution in [2.45, 2.75) is 32.4 Å². The smallest absolute Gasteiger partial charge is 0.323 e. The Morgan fingerprint density at radius 3 is 2.50 bits per heavy atom. The fraction of sp³-hybridized carbons (Fsp3) is 0.375. The van der Waals surface area contributed by atoms with Gasteiger partial charge in [0.1, 0.15) is 5.82 Å². The lowest BCUT2D eigenvalue weighted by atomic mass is 9.91. The zero-order valence-electron chi connectivity index (χ0n) is 13.3. The maximum atomic E-state index is 13.7. The van der Waals surface area contributed by atoms with Crippen LogP contribution in [0.1, 0.15) is 31.9 Å². The molecule has 128 valence electrons. The molecule has 1 saturated heterocycles. The second kappa shape index (κ2) is 6.88. The molecule has 1 aliphatic heterocycles. The Morgan fingerprint density at radius 1 is 1.29 bits per heavy atom. The first-order chi connectivity index (χ1) is 11.2. The second-order valence-corrected chi connectivity index (χ2v) is 5.83. The van der Waals surface area contributed by atoms with Gasteiger partial charge in [-0.05, 0) is 19.9 Å². The van der Waals surface area contributed by atoms with E-state index in [9.17, 15) is 23.6 Å². The molecule has 0 spiro atoms. The van der Waals surface area contributed by atoms with Crippen LogP contribution in [0.15, 0.2) is 24.3 Å². The number of ketones is 1. The van der Waals surface area contributed by atoms with E-state index in [1.165, 1.54) is 18.2 Å². The summed E-state index contributed by atoms with van der Waals surface area (Å²) in [6.45, 7) is 3.17. The zero-order chi connectivity index (χ0) is 18.0. The van der Waals surface area contributed by atoms with Crippen LogP contribution in [0.4, 0.5) is 9.18 Å². The molecule has 0 saturated carbocycles. The summed E-state index contributed by atoms with van der Waals surface area (Å²) in [4.78, 5) is 49.1. The van der Waals surface area contributed by atoms with Gasteiger partial charge in [-0.3, -0.25) is 24.6 Å². The number of carbonyl (C=O) groups is 4. The first-order valence-electron chi connectivity index (χ1n) is 7.44. The van der Waals surface area contributed by atoms with Crippen LogP contribution in [0.3, 0.4) is 0 Å². The van der Waals surface area contributed by atoms with Crippen LogP contribution >= 0.6 is 0 Å². The molecule has 8 heteroatoms. The monoisotopic (exact) mass is 335 g/mol. The van der Waals surface area contributed by atoms with Crippen molar-refractivity contribution in [3.05, 3.63) is 35.6 Å². The van der Waals surface area contributed by atoms with E-state index in [1.807, 2.05) is 5.32 Å². The molecule has 0 radical (unpaired) electrons. The molecule has 1 aliphatic rings. The summed E-state index contributed by atoms with van der Waals surface area (Å²) >= 11 is 0. The highest BCUT2D eigenvalue weighted by Gasteiger charge is 2.45. The van der Waals surface area contributed by atoms with Crippen LogP contribution in [0.5, 0.6) is 0 Å². The molecule has 0 bridgehead atoms. The highest BCUT2D eigenvalue weighted by atomic mass is 19.1. The molecule has 2 atom stereocenters. The van der Waals surface area contributed by atoms with Gasteiger partial charge in [-0.25, -0.2) is 9.18 Å². The third-order valence-corrected chi connectivity index (χ3v) is 3.76. The lowest BCUT2D eigenvalue weighted by molar-refractivity contribution is -0.148. The number of halogens is 1. The second-order valence-electron chi connectivity index (χ2n) is 5.83. The predicted octanol–water partition coefficient (Wildman–Crippen LogP) is 0.888. The zero-order valence-corrected chi connectivity index (χ0v) is 13.3. The third kappa shape index (κ3) is 3.33. The van der Waals surface area contributed by atoms with Gasteiger partial charge in [0.2, 0.25) is 5.91 Å². The fourth-order valence-electron chi connectivity index (χ4n) is 2.58. The average Bonchev–Trinajstić information content (AvgIpc) is 2.46. The minimum atomic E-state index is -1.65. The summed E-state index contributed by atoms with van der Waals surface area (Å²) in [5.41, 5.74) is 5.95. The molecule has 1 heterocycles. The van der Waals surface area contributed by atoms with Crippen molar-refractivity contribution in [2.75, 3.05) is 0 Å². The molecule has 24 heavy (non-hydrogen) atoms. The molecular weight excluding hydrogens is 317 g/mol. The number of Topliss-reactive ketones (excluding diaryl/α,β-unsaturated/α-hetero) is 1. The predicted molar refractivity (Wildman–Crippen MR) is 82.0 cm³/mol. The number of imide groups is 2. The van der Waals surface area contributed by atoms with E-state index < -0.39 is 53.9 Å². The fourth-order valence-corrected chi connectivity index (χ4v) is 2.58. The minimum absolute atomic E-state index is 0.117. The Morgan fingerprint density at radius 2 is 1.92 bits per heavy atom. The van der Waals surface area contributed by atoms with E-state index in [-0.39, 0.29) is 5.56 Å². The number of urea groups is 1. The SMILES string of the molecule is CC(C)N1C(=O)NC(=O)C(C(=O)C[C@@H](N)c2ccccc2F)C1=O. The lowest BCUT2D eigenvalue weighted by Gasteiger charge is -2.32. The van der Waals surface area contributed by atoms with Crippen LogP contribution in [0.25, 0.3) is 0 Å². The summed E-state index contributed by atoms with van der Waals surface area (Å²) < 4.78 is 13.7. The standard InChI is InChI=1S/C16H18FN3O4/c1-8(2)20-15(23)13(14(22)19-16(20)24)12(21)7-11(18)9-5-3-4-6-10(9)17/h3-6,8,11,13H,7,18H2,1-2H3,(H,19,22,24)/t11-,13?/m1/s1. The van der Waals surface area contributed by atoms with Crippen molar-refractivity contribution in [3.8, 4) is 0 Å². The Hall–Kier alpha value is -2.61. The van der Waals surface area contributed by atoms with Crippen LogP contribution in [-0.2, 0) is 14.4 Å². The van der Waals surface area contributed by atoms with E-state index in [4.69, 9.17) is 5.73 Å². The summed E-state index contributed by atoms with van der Waals surface area (Å²) in [7, 11) is 0. The number of benzene rings is 1. The van der Waals surface area contributed by atoms with Crippen LogP contribution in [0.2, 0.25) is 0 Å². The van der Waals surface area contributed by atoms with Gasteiger partial charge < -0.3 is 5.73 Å². The van der Waals surface area contributed by atoms with Gasteiger partial charge >= 0.3 is 6.03 Å². The highest BCUT2D eigenvalue weighted by molar-refractivity contribution is 6.26. The Balaban J connectivity index is 2.19. The highest BCUT2D eigenvalue weighted by Crippen LogP contribution is 2.22. The molecule has 4 amide bonds. The Kier molecular flexibility index (Phi) is 5.08. The third-order valence-electron chi connectivity index (χ3n) is 3.76. The average molecular weight is 335 g/mol. The topological polar surface area (TPSA) is 110 Å². The molecule has 0 aromatic heterocycles. The summed E-state index contributed by atoms with van der Waals surface area (Å²) in [6.07, 6.45) is -0.398. The maximum absolute atomic E-state index is 13.7. The number of barbiturate groups is 1. The number of nitrogens with two attached hydrogens (primary N) is 1.